The van der Waals surface area contributed by atoms with E-state index < -0.39 is 23.1 Å². The summed E-state index contributed by atoms with van der Waals surface area (Å²) in [5.41, 5.74) is 0.988. The highest BCUT2D eigenvalue weighted by Crippen LogP contribution is 2.44. The van der Waals surface area contributed by atoms with Crippen molar-refractivity contribution in [1.29, 1.82) is 0 Å². The molecule has 1 aliphatic heterocycles. The number of hydrogen-bond acceptors (Lipinski definition) is 7. The van der Waals surface area contributed by atoms with Crippen molar-refractivity contribution in [3.8, 4) is 11.5 Å². The minimum atomic E-state index is -0.898. The van der Waals surface area contributed by atoms with Gasteiger partial charge in [-0.3, -0.25) is 13.9 Å². The van der Waals surface area contributed by atoms with E-state index >= 15 is 0 Å². The zero-order valence-electron chi connectivity index (χ0n) is 19.3. The lowest BCUT2D eigenvalue weighted by atomic mass is 9.80. The van der Waals surface area contributed by atoms with Gasteiger partial charge in [0.2, 0.25) is 0 Å². The maximum absolute atomic E-state index is 13.4. The van der Waals surface area contributed by atoms with Crippen LogP contribution in [0.2, 0.25) is 0 Å². The van der Waals surface area contributed by atoms with Crippen LogP contribution in [0.5, 0.6) is 11.5 Å². The average molecular weight is 463 g/mol. The van der Waals surface area contributed by atoms with Crippen LogP contribution in [0.3, 0.4) is 0 Å². The Hall–Kier alpha value is -4.27. The molecule has 9 nitrogen and oxygen atoms in total. The van der Waals surface area contributed by atoms with Crippen LogP contribution >= 0.6 is 0 Å². The third-order valence-electron chi connectivity index (χ3n) is 5.88. The van der Waals surface area contributed by atoms with Gasteiger partial charge in [-0.05, 0) is 30.2 Å². The molecule has 0 radical (unpaired) electrons. The van der Waals surface area contributed by atoms with E-state index in [1.165, 1.54) is 24.8 Å². The number of aromatic hydroxyl groups is 1. The molecule has 4 rings (SSSR count). The number of rotatable bonds is 5. The van der Waals surface area contributed by atoms with Gasteiger partial charge in [0, 0.05) is 14.1 Å². The van der Waals surface area contributed by atoms with E-state index in [-0.39, 0.29) is 35.1 Å². The van der Waals surface area contributed by atoms with Gasteiger partial charge >= 0.3 is 11.7 Å². The number of methoxy groups -OCH3 is 1. The first-order valence-electron chi connectivity index (χ1n) is 10.7. The molecule has 2 heterocycles. The fourth-order valence-electron chi connectivity index (χ4n) is 4.22. The standard InChI is InChI=1S/C25H25N3O6/c1-5-34-24(31)19-18(15-11-12-16(29)17(13-15)33-4)20-22(27(2)25(32)28(3)23(20)30)26-21(19)14-9-7-6-8-10-14/h6-13,18,26,29H,5H2,1-4H3/t18-/m1/s1. The third kappa shape index (κ3) is 3.64. The molecule has 0 bridgehead atoms. The Balaban J connectivity index is 2.15. The van der Waals surface area contributed by atoms with Crippen molar-refractivity contribution in [3.05, 3.63) is 91.6 Å². The van der Waals surface area contributed by atoms with Crippen molar-refractivity contribution in [2.45, 2.75) is 12.8 Å². The van der Waals surface area contributed by atoms with E-state index in [0.29, 0.717) is 16.8 Å². The Morgan fingerprint density at radius 1 is 1.09 bits per heavy atom. The molecule has 3 aromatic rings. The molecular weight excluding hydrogens is 438 g/mol. The number of esters is 1. The predicted octanol–water partition coefficient (Wildman–Crippen LogP) is 2.33. The second-order valence-electron chi connectivity index (χ2n) is 7.83. The highest BCUT2D eigenvalue weighted by atomic mass is 16.5. The number of phenols is 1. The fourth-order valence-corrected chi connectivity index (χ4v) is 4.22. The molecule has 0 saturated carbocycles. The summed E-state index contributed by atoms with van der Waals surface area (Å²) in [6.45, 7) is 1.83. The van der Waals surface area contributed by atoms with Crippen molar-refractivity contribution >= 4 is 17.5 Å². The largest absolute Gasteiger partial charge is 0.504 e. The third-order valence-corrected chi connectivity index (χ3v) is 5.88. The van der Waals surface area contributed by atoms with Gasteiger partial charge in [-0.25, -0.2) is 9.59 Å². The molecule has 1 aromatic heterocycles. The van der Waals surface area contributed by atoms with Gasteiger partial charge in [0.1, 0.15) is 5.82 Å². The number of phenolic OH excluding ortho intramolecular Hbond substituents is 1. The number of aromatic nitrogens is 2. The minimum Gasteiger partial charge on any atom is -0.504 e. The first-order valence-corrected chi connectivity index (χ1v) is 10.7. The number of ether oxygens (including phenoxy) is 2. The number of benzene rings is 2. The van der Waals surface area contributed by atoms with Crippen LogP contribution in [0, 0.1) is 0 Å². The van der Waals surface area contributed by atoms with E-state index in [0.717, 1.165) is 4.57 Å². The molecule has 1 aliphatic rings. The number of nitrogens with zero attached hydrogens (tertiary/aromatic N) is 2. The van der Waals surface area contributed by atoms with E-state index in [9.17, 15) is 19.5 Å². The van der Waals surface area contributed by atoms with Gasteiger partial charge in [-0.15, -0.1) is 0 Å². The summed E-state index contributed by atoms with van der Waals surface area (Å²) in [4.78, 5) is 39.5. The number of carbonyl (C=O) groups excluding carboxylic acids is 1. The Morgan fingerprint density at radius 3 is 2.44 bits per heavy atom. The Kier molecular flexibility index (Phi) is 6.02. The van der Waals surface area contributed by atoms with Gasteiger partial charge < -0.3 is 19.9 Å². The Labute approximate surface area is 195 Å². The molecule has 9 heteroatoms. The summed E-state index contributed by atoms with van der Waals surface area (Å²) in [7, 11) is 4.36. The van der Waals surface area contributed by atoms with Crippen molar-refractivity contribution < 1.29 is 19.4 Å². The first-order chi connectivity index (χ1) is 16.3. The van der Waals surface area contributed by atoms with Crippen LogP contribution in [0.25, 0.3) is 5.70 Å². The number of carbonyl (C=O) groups is 1. The predicted molar refractivity (Wildman–Crippen MR) is 127 cm³/mol. The molecule has 0 unspecified atom stereocenters. The zero-order chi connectivity index (χ0) is 24.6. The summed E-state index contributed by atoms with van der Waals surface area (Å²) < 4.78 is 13.0. The maximum atomic E-state index is 13.4. The van der Waals surface area contributed by atoms with E-state index in [2.05, 4.69) is 5.32 Å². The second kappa shape index (κ2) is 8.93. The maximum Gasteiger partial charge on any atom is 0.337 e. The van der Waals surface area contributed by atoms with Gasteiger partial charge in [0.25, 0.3) is 5.56 Å². The lowest BCUT2D eigenvalue weighted by molar-refractivity contribution is -0.138. The summed E-state index contributed by atoms with van der Waals surface area (Å²) in [5.74, 6) is -1.13. The highest BCUT2D eigenvalue weighted by molar-refractivity contribution is 6.04. The molecule has 176 valence electrons. The van der Waals surface area contributed by atoms with Gasteiger partial charge in [-0.1, -0.05) is 36.4 Å². The quantitative estimate of drug-likeness (QED) is 0.559. The number of nitrogens with one attached hydrogen (secondary N) is 1. The topological polar surface area (TPSA) is 112 Å². The van der Waals surface area contributed by atoms with Crippen LogP contribution in [0.1, 0.15) is 29.5 Å². The first kappa shape index (κ1) is 22.9. The normalized spacial score (nSPS) is 14.9. The number of hydrogen-bond donors (Lipinski definition) is 2. The SMILES string of the molecule is CCOC(=O)C1=C(c2ccccc2)Nc2c(c(=O)n(C)c(=O)n2C)[C@@H]1c1ccc(O)c(OC)c1. The molecule has 0 fully saturated rings. The van der Waals surface area contributed by atoms with E-state index in [1.54, 1.807) is 26.1 Å². The van der Waals surface area contributed by atoms with Crippen LogP contribution < -0.4 is 21.3 Å². The molecule has 0 spiro atoms. The highest BCUT2D eigenvalue weighted by Gasteiger charge is 2.39. The molecule has 2 N–H and O–H groups in total. The van der Waals surface area contributed by atoms with E-state index in [1.807, 2.05) is 30.3 Å². The zero-order valence-corrected chi connectivity index (χ0v) is 19.3. The number of fused-ring (bicyclic) bond motifs is 1. The van der Waals surface area contributed by atoms with Gasteiger partial charge in [-0.2, -0.15) is 0 Å². The van der Waals surface area contributed by atoms with Crippen LogP contribution in [-0.4, -0.2) is 33.9 Å². The monoisotopic (exact) mass is 463 g/mol. The Morgan fingerprint density at radius 2 is 1.79 bits per heavy atom. The van der Waals surface area contributed by atoms with Crippen molar-refractivity contribution in [2.24, 2.45) is 14.1 Å². The number of anilines is 1. The van der Waals surface area contributed by atoms with Crippen molar-refractivity contribution in [1.82, 2.24) is 9.13 Å². The fraction of sp³-hybridized carbons (Fsp3) is 0.240. The Bertz CT molecular complexity index is 1420. The van der Waals surface area contributed by atoms with Crippen molar-refractivity contribution in [3.63, 3.8) is 0 Å². The summed E-state index contributed by atoms with van der Waals surface area (Å²) in [6.07, 6.45) is 0. The summed E-state index contributed by atoms with van der Waals surface area (Å²) in [6, 6.07) is 13.8. The molecule has 1 atom stereocenters. The molecule has 34 heavy (non-hydrogen) atoms. The van der Waals surface area contributed by atoms with E-state index in [4.69, 9.17) is 9.47 Å². The molecule has 0 aliphatic carbocycles. The van der Waals surface area contributed by atoms with Crippen LogP contribution in [0.15, 0.2) is 63.7 Å². The lowest BCUT2D eigenvalue weighted by Crippen LogP contribution is -2.43. The summed E-state index contributed by atoms with van der Waals surface area (Å²) in [5, 5.41) is 13.3. The smallest absolute Gasteiger partial charge is 0.337 e. The average Bonchev–Trinajstić information content (AvgIpc) is 2.86. The van der Waals surface area contributed by atoms with Gasteiger partial charge in [0.15, 0.2) is 11.5 Å². The van der Waals surface area contributed by atoms with Crippen LogP contribution in [0.4, 0.5) is 5.82 Å². The second-order valence-corrected chi connectivity index (χ2v) is 7.83. The van der Waals surface area contributed by atoms with Gasteiger partial charge in [0.05, 0.1) is 36.5 Å². The lowest BCUT2D eigenvalue weighted by Gasteiger charge is -2.32. The minimum absolute atomic E-state index is 0.0845. The van der Waals surface area contributed by atoms with Crippen molar-refractivity contribution in [2.75, 3.05) is 19.0 Å². The molecule has 2 aromatic carbocycles. The molecular formula is C25H25N3O6. The van der Waals surface area contributed by atoms with Crippen LogP contribution in [-0.2, 0) is 23.6 Å². The summed E-state index contributed by atoms with van der Waals surface area (Å²) >= 11 is 0. The molecule has 0 saturated heterocycles. The molecule has 0 amide bonds.